The Morgan fingerprint density at radius 2 is 2.18 bits per heavy atom. The van der Waals surface area contributed by atoms with Crippen molar-refractivity contribution in [1.82, 2.24) is 15.0 Å². The molecule has 0 saturated heterocycles. The molecular formula is C12H9FN4. The predicted octanol–water partition coefficient (Wildman–Crippen LogP) is 2.19. The Bertz CT molecular complexity index is 572. The summed E-state index contributed by atoms with van der Waals surface area (Å²) in [6.07, 6.45) is 1.54. The fourth-order valence-electron chi connectivity index (χ4n) is 1.43. The molecule has 0 bridgehead atoms. The first-order valence-electron chi connectivity index (χ1n) is 5.00. The lowest BCUT2D eigenvalue weighted by atomic mass is 10.1. The van der Waals surface area contributed by atoms with Gasteiger partial charge in [-0.05, 0) is 19.1 Å². The lowest BCUT2D eigenvalue weighted by Crippen LogP contribution is -1.95. The van der Waals surface area contributed by atoms with Crippen molar-refractivity contribution in [2.24, 2.45) is 0 Å². The van der Waals surface area contributed by atoms with E-state index in [0.29, 0.717) is 22.9 Å². The van der Waals surface area contributed by atoms with Crippen molar-refractivity contribution < 1.29 is 4.39 Å². The first-order chi connectivity index (χ1) is 8.22. The molecule has 0 atom stereocenters. The average Bonchev–Trinajstić information content (AvgIpc) is 2.38. The fraction of sp³-hybridized carbons (Fsp3) is 0.167. The number of hydrogen-bond donors (Lipinski definition) is 0. The molecule has 2 aromatic rings. The summed E-state index contributed by atoms with van der Waals surface area (Å²) in [6.45, 7) is 1.13. The maximum absolute atomic E-state index is 12.3. The molecule has 0 unspecified atom stereocenters. The Hall–Kier alpha value is -2.35. The minimum atomic E-state index is -0.591. The number of hydrogen-bond acceptors (Lipinski definition) is 4. The van der Waals surface area contributed by atoms with Crippen LogP contribution in [0.5, 0.6) is 0 Å². The standard InChI is InChI=1S/C12H9FN4/c1-8-16-11(6-14)4-12(17-8)9-2-3-10(5-13)15-7-9/h2-4,7H,5H2,1H3. The Morgan fingerprint density at radius 1 is 1.35 bits per heavy atom. The van der Waals surface area contributed by atoms with Gasteiger partial charge in [0.15, 0.2) is 0 Å². The minimum absolute atomic E-state index is 0.307. The van der Waals surface area contributed by atoms with Crippen LogP contribution in [0.2, 0.25) is 0 Å². The van der Waals surface area contributed by atoms with E-state index in [-0.39, 0.29) is 0 Å². The Balaban J connectivity index is 2.45. The van der Waals surface area contributed by atoms with Crippen molar-refractivity contribution in [2.45, 2.75) is 13.6 Å². The van der Waals surface area contributed by atoms with E-state index in [1.807, 2.05) is 6.07 Å². The summed E-state index contributed by atoms with van der Waals surface area (Å²) in [5.41, 5.74) is 2.04. The topological polar surface area (TPSA) is 62.5 Å². The fourth-order valence-corrected chi connectivity index (χ4v) is 1.43. The van der Waals surface area contributed by atoms with Gasteiger partial charge >= 0.3 is 0 Å². The molecule has 0 amide bonds. The van der Waals surface area contributed by atoms with E-state index in [2.05, 4.69) is 15.0 Å². The second-order valence-corrected chi connectivity index (χ2v) is 3.47. The average molecular weight is 228 g/mol. The van der Waals surface area contributed by atoms with Crippen molar-refractivity contribution >= 4 is 0 Å². The number of rotatable bonds is 2. The number of nitriles is 1. The molecule has 0 aliphatic heterocycles. The number of pyridine rings is 1. The van der Waals surface area contributed by atoms with Crippen LogP contribution in [0, 0.1) is 18.3 Å². The van der Waals surface area contributed by atoms with Gasteiger partial charge < -0.3 is 0 Å². The van der Waals surface area contributed by atoms with Crippen LogP contribution in [0.1, 0.15) is 17.2 Å². The Morgan fingerprint density at radius 3 is 2.76 bits per heavy atom. The van der Waals surface area contributed by atoms with Gasteiger partial charge in [-0.3, -0.25) is 4.98 Å². The van der Waals surface area contributed by atoms with Crippen LogP contribution in [0.25, 0.3) is 11.3 Å². The largest absolute Gasteiger partial charge is 0.258 e. The van der Waals surface area contributed by atoms with Gasteiger partial charge in [0.05, 0.1) is 11.4 Å². The van der Waals surface area contributed by atoms with Crippen molar-refractivity contribution in [3.8, 4) is 17.3 Å². The molecule has 0 spiro atoms. The zero-order chi connectivity index (χ0) is 12.3. The van der Waals surface area contributed by atoms with Crippen LogP contribution in [-0.2, 0) is 6.67 Å². The van der Waals surface area contributed by atoms with E-state index in [4.69, 9.17) is 5.26 Å². The second-order valence-electron chi connectivity index (χ2n) is 3.47. The molecule has 0 fully saturated rings. The molecule has 0 N–H and O–H groups in total. The first-order valence-corrected chi connectivity index (χ1v) is 5.00. The molecule has 5 heteroatoms. The van der Waals surface area contributed by atoms with Gasteiger partial charge in [0.1, 0.15) is 24.3 Å². The SMILES string of the molecule is Cc1nc(C#N)cc(-c2ccc(CF)nc2)n1. The number of alkyl halides is 1. The van der Waals surface area contributed by atoms with E-state index in [1.54, 1.807) is 25.1 Å². The second kappa shape index (κ2) is 4.66. The van der Waals surface area contributed by atoms with Crippen LogP contribution < -0.4 is 0 Å². The summed E-state index contributed by atoms with van der Waals surface area (Å²) in [6, 6.07) is 6.87. The highest BCUT2D eigenvalue weighted by Crippen LogP contribution is 2.17. The van der Waals surface area contributed by atoms with Gasteiger partial charge in [-0.2, -0.15) is 5.26 Å². The molecule has 0 saturated carbocycles. The number of halogens is 1. The highest BCUT2D eigenvalue weighted by molar-refractivity contribution is 5.59. The van der Waals surface area contributed by atoms with Crippen molar-refractivity contribution in [3.05, 3.63) is 41.6 Å². The van der Waals surface area contributed by atoms with Crippen LogP contribution in [0.3, 0.4) is 0 Å². The minimum Gasteiger partial charge on any atom is -0.258 e. The third-order valence-electron chi connectivity index (χ3n) is 2.21. The van der Waals surface area contributed by atoms with Crippen molar-refractivity contribution in [2.75, 3.05) is 0 Å². The van der Waals surface area contributed by atoms with E-state index >= 15 is 0 Å². The van der Waals surface area contributed by atoms with E-state index in [1.165, 1.54) is 6.20 Å². The third kappa shape index (κ3) is 2.42. The zero-order valence-corrected chi connectivity index (χ0v) is 9.18. The highest BCUT2D eigenvalue weighted by Gasteiger charge is 2.04. The molecule has 0 aliphatic rings. The maximum atomic E-state index is 12.3. The molecule has 2 rings (SSSR count). The summed E-state index contributed by atoms with van der Waals surface area (Å²) < 4.78 is 12.3. The lowest BCUT2D eigenvalue weighted by Gasteiger charge is -2.02. The van der Waals surface area contributed by atoms with E-state index in [0.717, 1.165) is 5.56 Å². The van der Waals surface area contributed by atoms with Gasteiger partial charge in [-0.1, -0.05) is 0 Å². The Labute approximate surface area is 97.8 Å². The molecule has 2 aromatic heterocycles. The quantitative estimate of drug-likeness (QED) is 0.790. The van der Waals surface area contributed by atoms with Crippen molar-refractivity contribution in [3.63, 3.8) is 0 Å². The maximum Gasteiger partial charge on any atom is 0.144 e. The van der Waals surface area contributed by atoms with Gasteiger partial charge in [0, 0.05) is 17.8 Å². The highest BCUT2D eigenvalue weighted by atomic mass is 19.1. The Kier molecular flexibility index (Phi) is 3.06. The van der Waals surface area contributed by atoms with Crippen LogP contribution in [-0.4, -0.2) is 15.0 Å². The first kappa shape index (κ1) is 11.1. The molecular weight excluding hydrogens is 219 g/mol. The number of nitrogens with zero attached hydrogens (tertiary/aromatic N) is 4. The molecule has 0 aliphatic carbocycles. The third-order valence-corrected chi connectivity index (χ3v) is 2.21. The van der Waals surface area contributed by atoms with Crippen molar-refractivity contribution in [1.29, 1.82) is 5.26 Å². The molecule has 0 aromatic carbocycles. The summed E-state index contributed by atoms with van der Waals surface area (Å²) >= 11 is 0. The van der Waals surface area contributed by atoms with E-state index in [9.17, 15) is 4.39 Å². The smallest absolute Gasteiger partial charge is 0.144 e. The van der Waals surface area contributed by atoms with Crippen LogP contribution in [0.4, 0.5) is 4.39 Å². The summed E-state index contributed by atoms with van der Waals surface area (Å²) in [5, 5.41) is 8.81. The summed E-state index contributed by atoms with van der Waals surface area (Å²) in [4.78, 5) is 12.1. The number of aryl methyl sites for hydroxylation is 1. The van der Waals surface area contributed by atoms with Crippen LogP contribution in [0.15, 0.2) is 24.4 Å². The molecule has 0 radical (unpaired) electrons. The predicted molar refractivity (Wildman–Crippen MR) is 59.5 cm³/mol. The monoisotopic (exact) mass is 228 g/mol. The normalized spacial score (nSPS) is 9.94. The lowest BCUT2D eigenvalue weighted by molar-refractivity contribution is 0.476. The summed E-state index contributed by atoms with van der Waals surface area (Å²) in [7, 11) is 0. The van der Waals surface area contributed by atoms with Gasteiger partial charge in [0.25, 0.3) is 0 Å². The van der Waals surface area contributed by atoms with E-state index < -0.39 is 6.67 Å². The number of aromatic nitrogens is 3. The molecule has 2 heterocycles. The van der Waals surface area contributed by atoms with Crippen LogP contribution >= 0.6 is 0 Å². The molecule has 84 valence electrons. The summed E-state index contributed by atoms with van der Waals surface area (Å²) in [5.74, 6) is 0.522. The zero-order valence-electron chi connectivity index (χ0n) is 9.18. The van der Waals surface area contributed by atoms with Gasteiger partial charge in [-0.25, -0.2) is 14.4 Å². The molecule has 4 nitrogen and oxygen atoms in total. The molecule has 17 heavy (non-hydrogen) atoms. The van der Waals surface area contributed by atoms with Gasteiger partial charge in [-0.15, -0.1) is 0 Å². The van der Waals surface area contributed by atoms with Gasteiger partial charge in [0.2, 0.25) is 0 Å².